The van der Waals surface area contributed by atoms with Gasteiger partial charge in [0.15, 0.2) is 19.7 Å². The molecule has 12 heavy (non-hydrogen) atoms. The van der Waals surface area contributed by atoms with Crippen molar-refractivity contribution in [2.75, 3.05) is 0 Å². The minimum atomic E-state index is -1.88. The van der Waals surface area contributed by atoms with Gasteiger partial charge in [-0.2, -0.15) is 0 Å². The normalized spacial score (nSPS) is 27.2. The van der Waals surface area contributed by atoms with Gasteiger partial charge in [-0.15, -0.1) is 0 Å². The average molecular weight is 200 g/mol. The van der Waals surface area contributed by atoms with E-state index >= 15 is 0 Å². The number of carbonyl (C=O) groups excluding carboxylic acids is 1. The van der Waals surface area contributed by atoms with E-state index in [2.05, 4.69) is 0 Å². The van der Waals surface area contributed by atoms with E-state index < -0.39 is 24.8 Å². The Morgan fingerprint density at radius 3 is 2.33 bits per heavy atom. The number of hydrogen-bond donors (Lipinski definition) is 0. The molecule has 1 aliphatic rings. The molecule has 0 N–H and O–H groups in total. The molecule has 0 spiro atoms. The third-order valence-corrected chi connectivity index (χ3v) is 4.91. The first-order chi connectivity index (χ1) is 5.72. The van der Waals surface area contributed by atoms with Crippen LogP contribution in [0, 0.1) is 0 Å². The van der Waals surface area contributed by atoms with Crippen molar-refractivity contribution < 1.29 is 13.2 Å². The van der Waals surface area contributed by atoms with Gasteiger partial charge in [0, 0.05) is 5.56 Å². The molecule has 2 rings (SSSR count). The van der Waals surface area contributed by atoms with Gasteiger partial charge in [0.05, 0.1) is 4.90 Å². The van der Waals surface area contributed by atoms with Gasteiger partial charge in [-0.05, 0) is 12.1 Å². The summed E-state index contributed by atoms with van der Waals surface area (Å²) in [6.07, 6.45) is 0. The highest BCUT2D eigenvalue weighted by Gasteiger charge is 2.33. The Balaban J connectivity index is 2.76. The Hall–Kier alpha value is -0.810. The van der Waals surface area contributed by atoms with Crippen LogP contribution in [0.5, 0.6) is 0 Å². The molecule has 62 valence electrons. The van der Waals surface area contributed by atoms with Gasteiger partial charge in [-0.1, -0.05) is 12.1 Å². The largest absolute Gasteiger partial charge is 0.278 e. The predicted molar refractivity (Wildman–Crippen MR) is 45.3 cm³/mol. The number of fused-ring (bicyclic) bond motifs is 1. The molecule has 0 aliphatic carbocycles. The van der Waals surface area contributed by atoms with E-state index in [4.69, 9.17) is 0 Å². The number of rotatable bonds is 0. The molecular weight excluding hydrogens is 196 g/mol. The summed E-state index contributed by atoms with van der Waals surface area (Å²) in [5.41, 5.74) is 0.328. The molecule has 3 nitrogen and oxygen atoms in total. The summed E-state index contributed by atoms with van der Waals surface area (Å²) in [5, 5.41) is -0.524. The van der Waals surface area contributed by atoms with Crippen molar-refractivity contribution in [2.24, 2.45) is 0 Å². The Morgan fingerprint density at radius 2 is 1.67 bits per heavy atom. The molecule has 0 bridgehead atoms. The summed E-state index contributed by atoms with van der Waals surface area (Å²) in [4.78, 5) is 11.5. The average Bonchev–Trinajstić information content (AvgIpc) is 2.33. The smallest absolute Gasteiger partial charge is 0.263 e. The zero-order chi connectivity index (χ0) is 8.72. The van der Waals surface area contributed by atoms with Crippen molar-refractivity contribution in [3.05, 3.63) is 29.8 Å². The fourth-order valence-electron chi connectivity index (χ4n) is 1.02. The second-order valence-corrected chi connectivity index (χ2v) is 5.82. The highest BCUT2D eigenvalue weighted by atomic mass is 33.1. The zero-order valence-corrected chi connectivity index (χ0v) is 7.48. The summed E-state index contributed by atoms with van der Waals surface area (Å²) >= 11 is 0. The Kier molecular flexibility index (Phi) is 1.69. The van der Waals surface area contributed by atoms with Crippen LogP contribution >= 0.6 is 0 Å². The predicted octanol–water partition coefficient (Wildman–Crippen LogP) is 0.612. The SMILES string of the molecule is O=C1c2ccccc2S(=O)S1=O. The van der Waals surface area contributed by atoms with Crippen LogP contribution < -0.4 is 0 Å². The Bertz CT molecular complexity index is 374. The van der Waals surface area contributed by atoms with E-state index in [1.807, 2.05) is 0 Å². The van der Waals surface area contributed by atoms with Crippen LogP contribution in [0.3, 0.4) is 0 Å². The van der Waals surface area contributed by atoms with Crippen LogP contribution in [0.25, 0.3) is 0 Å². The van der Waals surface area contributed by atoms with Gasteiger partial charge in [-0.3, -0.25) is 4.79 Å². The standard InChI is InChI=1S/C7H4O3S2/c8-7-5-3-1-2-4-6(5)11(9)12(7)10/h1-4H. The van der Waals surface area contributed by atoms with Crippen LogP contribution in [-0.2, 0) is 19.7 Å². The topological polar surface area (TPSA) is 51.2 Å². The monoisotopic (exact) mass is 200 g/mol. The van der Waals surface area contributed by atoms with Crippen LogP contribution in [-0.4, -0.2) is 13.5 Å². The zero-order valence-electron chi connectivity index (χ0n) is 5.85. The lowest BCUT2D eigenvalue weighted by Crippen LogP contribution is -2.00. The molecule has 0 amide bonds. The fourth-order valence-corrected chi connectivity index (χ4v) is 3.88. The maximum absolute atomic E-state index is 11.2. The van der Waals surface area contributed by atoms with Crippen LogP contribution in [0.4, 0.5) is 0 Å². The first-order valence-electron chi connectivity index (χ1n) is 3.19. The van der Waals surface area contributed by atoms with Crippen molar-refractivity contribution in [2.45, 2.75) is 4.90 Å². The molecule has 1 aliphatic heterocycles. The lowest BCUT2D eigenvalue weighted by Gasteiger charge is -1.89. The fraction of sp³-hybridized carbons (Fsp3) is 0. The summed E-state index contributed by atoms with van der Waals surface area (Å²) in [6, 6.07) is 6.44. The van der Waals surface area contributed by atoms with Gasteiger partial charge in [0.25, 0.3) is 5.12 Å². The van der Waals surface area contributed by atoms with Gasteiger partial charge >= 0.3 is 0 Å². The highest BCUT2D eigenvalue weighted by Crippen LogP contribution is 2.25. The summed E-state index contributed by atoms with van der Waals surface area (Å²) in [6.45, 7) is 0. The van der Waals surface area contributed by atoms with Crippen molar-refractivity contribution in [1.29, 1.82) is 0 Å². The summed E-state index contributed by atoms with van der Waals surface area (Å²) in [7, 11) is -3.53. The second-order valence-electron chi connectivity index (χ2n) is 2.25. The Morgan fingerprint density at radius 1 is 1.00 bits per heavy atom. The second kappa shape index (κ2) is 2.60. The molecule has 1 heterocycles. The van der Waals surface area contributed by atoms with E-state index in [1.54, 1.807) is 24.3 Å². The van der Waals surface area contributed by atoms with Crippen molar-refractivity contribution >= 4 is 24.8 Å². The van der Waals surface area contributed by atoms with Gasteiger partial charge in [0.2, 0.25) is 0 Å². The van der Waals surface area contributed by atoms with Crippen molar-refractivity contribution in [3.63, 3.8) is 0 Å². The van der Waals surface area contributed by atoms with Crippen molar-refractivity contribution in [3.8, 4) is 0 Å². The lowest BCUT2D eigenvalue weighted by molar-refractivity contribution is 0.108. The van der Waals surface area contributed by atoms with Gasteiger partial charge < -0.3 is 0 Å². The first-order valence-corrected chi connectivity index (χ1v) is 6.01. The van der Waals surface area contributed by atoms with E-state index in [0.717, 1.165) is 0 Å². The number of benzene rings is 1. The molecule has 0 radical (unpaired) electrons. The maximum atomic E-state index is 11.2. The molecule has 0 saturated carbocycles. The molecule has 1 aromatic carbocycles. The maximum Gasteiger partial charge on any atom is 0.263 e. The molecule has 0 fully saturated rings. The quantitative estimate of drug-likeness (QED) is 0.577. The molecule has 2 atom stereocenters. The van der Waals surface area contributed by atoms with E-state index in [0.29, 0.717) is 10.5 Å². The number of hydrogen-bond acceptors (Lipinski definition) is 3. The molecule has 0 aromatic heterocycles. The third-order valence-electron chi connectivity index (χ3n) is 1.58. The highest BCUT2D eigenvalue weighted by molar-refractivity contribution is 8.67. The minimum absolute atomic E-state index is 0.328. The lowest BCUT2D eigenvalue weighted by atomic mass is 10.2. The van der Waals surface area contributed by atoms with E-state index in [1.165, 1.54) is 0 Å². The van der Waals surface area contributed by atoms with Crippen LogP contribution in [0.1, 0.15) is 10.4 Å². The molecule has 2 unspecified atom stereocenters. The number of carbonyl (C=O) groups is 1. The van der Waals surface area contributed by atoms with Crippen LogP contribution in [0.2, 0.25) is 0 Å². The minimum Gasteiger partial charge on any atom is -0.278 e. The first kappa shape index (κ1) is 7.82. The molecular formula is C7H4O3S2. The van der Waals surface area contributed by atoms with Crippen LogP contribution in [0.15, 0.2) is 29.2 Å². The van der Waals surface area contributed by atoms with E-state index in [9.17, 15) is 13.2 Å². The van der Waals surface area contributed by atoms with Gasteiger partial charge in [-0.25, -0.2) is 8.42 Å². The molecule has 0 saturated heterocycles. The summed E-state index contributed by atoms with van der Waals surface area (Å²) < 4.78 is 22.2. The van der Waals surface area contributed by atoms with E-state index in [-0.39, 0.29) is 0 Å². The summed E-state index contributed by atoms with van der Waals surface area (Å²) in [5.74, 6) is 0. The van der Waals surface area contributed by atoms with Crippen molar-refractivity contribution in [1.82, 2.24) is 0 Å². The molecule has 1 aromatic rings. The van der Waals surface area contributed by atoms with Gasteiger partial charge in [0.1, 0.15) is 0 Å². The third kappa shape index (κ3) is 0.899. The Labute approximate surface area is 73.1 Å². The molecule has 5 heteroatoms.